The Labute approximate surface area is 206 Å². The first-order chi connectivity index (χ1) is 16.3. The molecule has 2 aromatic rings. The van der Waals surface area contributed by atoms with Gasteiger partial charge < -0.3 is 10.2 Å². The Kier molecular flexibility index (Phi) is 9.35. The molecule has 0 unspecified atom stereocenters. The zero-order valence-electron chi connectivity index (χ0n) is 20.6. The maximum absolute atomic E-state index is 13.5. The summed E-state index contributed by atoms with van der Waals surface area (Å²) >= 11 is 0. The fourth-order valence-corrected chi connectivity index (χ4v) is 4.24. The first-order valence-corrected chi connectivity index (χ1v) is 13.1. The Morgan fingerprint density at radius 1 is 1.11 bits per heavy atom. The molecule has 11 heteroatoms. The number of benzene rings is 2. The summed E-state index contributed by atoms with van der Waals surface area (Å²) in [5, 5.41) is 14.0. The van der Waals surface area contributed by atoms with Crippen molar-refractivity contribution in [3.63, 3.8) is 0 Å². The molecule has 2 aromatic carbocycles. The van der Waals surface area contributed by atoms with Crippen LogP contribution in [0.25, 0.3) is 0 Å². The molecule has 2 rings (SSSR count). The summed E-state index contributed by atoms with van der Waals surface area (Å²) in [6.07, 6.45) is 1.63. The molecule has 0 saturated carbocycles. The first kappa shape index (κ1) is 27.8. The number of rotatable bonds is 11. The van der Waals surface area contributed by atoms with Gasteiger partial charge in [-0.3, -0.25) is 24.0 Å². The number of carbonyl (C=O) groups excluding carboxylic acids is 2. The number of sulfonamides is 1. The zero-order valence-corrected chi connectivity index (χ0v) is 21.4. The second-order valence-corrected chi connectivity index (χ2v) is 10.4. The molecule has 0 aliphatic rings. The number of nitro benzene ring substituents is 1. The quantitative estimate of drug-likeness (QED) is 0.370. The predicted octanol–water partition coefficient (Wildman–Crippen LogP) is 3.00. The third-order valence-corrected chi connectivity index (χ3v) is 6.92. The van der Waals surface area contributed by atoms with Crippen LogP contribution in [0.15, 0.2) is 48.5 Å². The van der Waals surface area contributed by atoms with Gasteiger partial charge in [0.1, 0.15) is 12.6 Å². The van der Waals surface area contributed by atoms with E-state index in [2.05, 4.69) is 5.32 Å². The van der Waals surface area contributed by atoms with E-state index >= 15 is 0 Å². The maximum Gasteiger partial charge on any atom is 0.271 e. The van der Waals surface area contributed by atoms with Gasteiger partial charge >= 0.3 is 0 Å². The Morgan fingerprint density at radius 3 is 2.34 bits per heavy atom. The molecule has 1 N–H and O–H groups in total. The number of nitrogens with one attached hydrogen (secondary N) is 1. The van der Waals surface area contributed by atoms with Gasteiger partial charge in [-0.15, -0.1) is 0 Å². The number of carbonyl (C=O) groups is 2. The average molecular weight is 505 g/mol. The molecule has 10 nitrogen and oxygen atoms in total. The van der Waals surface area contributed by atoms with Crippen molar-refractivity contribution < 1.29 is 22.9 Å². The Hall–Kier alpha value is -3.47. The highest BCUT2D eigenvalue weighted by Crippen LogP contribution is 2.24. The van der Waals surface area contributed by atoms with Crippen LogP contribution >= 0.6 is 0 Å². The van der Waals surface area contributed by atoms with Crippen LogP contribution in [0.3, 0.4) is 0 Å². The lowest BCUT2D eigenvalue weighted by molar-refractivity contribution is -0.384. The third-order valence-electron chi connectivity index (χ3n) is 5.78. The van der Waals surface area contributed by atoms with Crippen LogP contribution in [0.1, 0.15) is 38.3 Å². The average Bonchev–Trinajstić information content (AvgIpc) is 2.80. The fourth-order valence-electron chi connectivity index (χ4n) is 3.39. The predicted molar refractivity (Wildman–Crippen MR) is 134 cm³/mol. The van der Waals surface area contributed by atoms with E-state index in [0.717, 1.165) is 27.8 Å². The molecule has 2 atom stereocenters. The SMILES string of the molecule is CC[C@@H](C)NC(=O)[C@H](C)N(Cc1ccccc1C)C(=O)CN(c1cccc([N+](=O)[O-])c1)S(C)(=O)=O. The van der Waals surface area contributed by atoms with E-state index in [-0.39, 0.29) is 29.9 Å². The minimum atomic E-state index is -3.98. The molecule has 0 heterocycles. The van der Waals surface area contributed by atoms with Gasteiger partial charge in [0.2, 0.25) is 21.8 Å². The van der Waals surface area contributed by atoms with Crippen LogP contribution in [0.2, 0.25) is 0 Å². The minimum absolute atomic E-state index is 0.0115. The van der Waals surface area contributed by atoms with E-state index in [0.29, 0.717) is 6.42 Å². The maximum atomic E-state index is 13.5. The van der Waals surface area contributed by atoms with Crippen LogP contribution in [0, 0.1) is 17.0 Å². The lowest BCUT2D eigenvalue weighted by Crippen LogP contribution is -2.52. The first-order valence-electron chi connectivity index (χ1n) is 11.2. The number of non-ortho nitro benzene ring substituents is 1. The van der Waals surface area contributed by atoms with E-state index in [1.807, 2.05) is 45.0 Å². The van der Waals surface area contributed by atoms with Crippen LogP contribution in [-0.2, 0) is 26.2 Å². The summed E-state index contributed by atoms with van der Waals surface area (Å²) in [6.45, 7) is 6.72. The molecule has 0 bridgehead atoms. The standard InChI is InChI=1S/C24H32N4O6S/c1-6-18(3)25-24(30)19(4)26(15-20-11-8-7-10-17(20)2)23(29)16-27(35(5,33)34)21-12-9-13-22(14-21)28(31)32/h7-14,18-19H,6,15-16H2,1-5H3,(H,25,30)/t18-,19+/m1/s1. The second-order valence-electron chi connectivity index (χ2n) is 8.49. The van der Waals surface area contributed by atoms with E-state index in [1.54, 1.807) is 6.92 Å². The third kappa shape index (κ3) is 7.51. The molecule has 0 fully saturated rings. The molecule has 190 valence electrons. The number of hydrogen-bond donors (Lipinski definition) is 1. The van der Waals surface area contributed by atoms with Gasteiger partial charge in [0.25, 0.3) is 5.69 Å². The summed E-state index contributed by atoms with van der Waals surface area (Å²) in [7, 11) is -3.98. The van der Waals surface area contributed by atoms with Gasteiger partial charge in [0.15, 0.2) is 0 Å². The highest BCUT2D eigenvalue weighted by Gasteiger charge is 2.31. The molecule has 0 aliphatic carbocycles. The smallest absolute Gasteiger partial charge is 0.271 e. The number of aryl methyl sites for hydroxylation is 1. The number of amides is 2. The zero-order chi connectivity index (χ0) is 26.3. The number of nitrogens with zero attached hydrogens (tertiary/aromatic N) is 3. The molecular formula is C24H32N4O6S. The number of nitro groups is 1. The van der Waals surface area contributed by atoms with Gasteiger partial charge in [0, 0.05) is 24.7 Å². The highest BCUT2D eigenvalue weighted by atomic mass is 32.2. The van der Waals surface area contributed by atoms with Gasteiger partial charge in [-0.05, 0) is 44.4 Å². The van der Waals surface area contributed by atoms with Crippen molar-refractivity contribution in [2.24, 2.45) is 0 Å². The molecule has 0 spiro atoms. The Morgan fingerprint density at radius 2 is 1.77 bits per heavy atom. The summed E-state index contributed by atoms with van der Waals surface area (Å²) < 4.78 is 26.0. The van der Waals surface area contributed by atoms with Crippen molar-refractivity contribution in [1.29, 1.82) is 0 Å². The molecular weight excluding hydrogens is 472 g/mol. The molecule has 0 radical (unpaired) electrons. The largest absolute Gasteiger partial charge is 0.352 e. The lowest BCUT2D eigenvalue weighted by atomic mass is 10.1. The van der Waals surface area contributed by atoms with Crippen molar-refractivity contribution >= 4 is 33.2 Å². The normalized spacial score (nSPS) is 12.9. The van der Waals surface area contributed by atoms with Gasteiger partial charge in [-0.2, -0.15) is 0 Å². The van der Waals surface area contributed by atoms with Crippen molar-refractivity contribution in [2.75, 3.05) is 17.1 Å². The van der Waals surface area contributed by atoms with Gasteiger partial charge in [-0.1, -0.05) is 37.3 Å². The molecule has 0 aromatic heterocycles. The van der Waals surface area contributed by atoms with Crippen LogP contribution in [-0.4, -0.2) is 54.9 Å². The van der Waals surface area contributed by atoms with Crippen molar-refractivity contribution in [3.8, 4) is 0 Å². The van der Waals surface area contributed by atoms with Crippen molar-refractivity contribution in [2.45, 2.75) is 52.7 Å². The van der Waals surface area contributed by atoms with Crippen LogP contribution in [0.4, 0.5) is 11.4 Å². The van der Waals surface area contributed by atoms with Crippen molar-refractivity contribution in [1.82, 2.24) is 10.2 Å². The number of hydrogen-bond acceptors (Lipinski definition) is 6. The van der Waals surface area contributed by atoms with Crippen LogP contribution in [0.5, 0.6) is 0 Å². The Bertz CT molecular complexity index is 1180. The molecule has 0 aliphatic heterocycles. The van der Waals surface area contributed by atoms with E-state index in [4.69, 9.17) is 0 Å². The minimum Gasteiger partial charge on any atom is -0.352 e. The molecule has 0 saturated heterocycles. The van der Waals surface area contributed by atoms with Gasteiger partial charge in [-0.25, -0.2) is 8.42 Å². The van der Waals surface area contributed by atoms with Gasteiger partial charge in [0.05, 0.1) is 16.9 Å². The van der Waals surface area contributed by atoms with Crippen molar-refractivity contribution in [3.05, 3.63) is 69.8 Å². The topological polar surface area (TPSA) is 130 Å². The number of anilines is 1. The van der Waals surface area contributed by atoms with E-state index in [9.17, 15) is 28.1 Å². The molecule has 35 heavy (non-hydrogen) atoms. The van der Waals surface area contributed by atoms with Crippen LogP contribution < -0.4 is 9.62 Å². The summed E-state index contributed by atoms with van der Waals surface area (Å²) in [6, 6.07) is 11.5. The Balaban J connectivity index is 2.44. The summed E-state index contributed by atoms with van der Waals surface area (Å²) in [5.74, 6) is -0.973. The second kappa shape index (κ2) is 11.8. The molecule has 2 amide bonds. The lowest BCUT2D eigenvalue weighted by Gasteiger charge is -2.32. The van der Waals surface area contributed by atoms with E-state index < -0.39 is 33.4 Å². The fraction of sp³-hybridized carbons (Fsp3) is 0.417. The van der Waals surface area contributed by atoms with E-state index in [1.165, 1.54) is 23.1 Å². The summed E-state index contributed by atoms with van der Waals surface area (Å²) in [4.78, 5) is 38.3. The summed E-state index contributed by atoms with van der Waals surface area (Å²) in [5.41, 5.74) is 1.41. The highest BCUT2D eigenvalue weighted by molar-refractivity contribution is 7.92. The monoisotopic (exact) mass is 504 g/mol.